The van der Waals surface area contributed by atoms with Gasteiger partial charge in [-0.2, -0.15) is 0 Å². The van der Waals surface area contributed by atoms with Crippen molar-refractivity contribution in [2.24, 2.45) is 0 Å². The molecule has 1 aromatic carbocycles. The minimum absolute atomic E-state index is 0.0854. The second-order valence-electron chi connectivity index (χ2n) is 5.07. The smallest absolute Gasteiger partial charge is 0.269 e. The Balaban J connectivity index is 1.80. The van der Waals surface area contributed by atoms with Crippen LogP contribution in [0.5, 0.6) is 5.75 Å². The summed E-state index contributed by atoms with van der Waals surface area (Å²) in [6, 6.07) is 7.39. The van der Waals surface area contributed by atoms with Crippen LogP contribution < -0.4 is 9.84 Å². The van der Waals surface area contributed by atoms with Crippen molar-refractivity contribution in [3.05, 3.63) is 29.8 Å². The molecule has 0 aromatic heterocycles. The molecule has 2 amide bonds. The molecule has 1 aliphatic heterocycles. The number of carbonyl (C=O) groups excluding carboxylic acids is 3. The summed E-state index contributed by atoms with van der Waals surface area (Å²) >= 11 is 0. The number of carboxylic acid groups (broad SMARTS) is 1. The Bertz CT molecular complexity index is 579. The van der Waals surface area contributed by atoms with E-state index in [1.54, 1.807) is 11.0 Å². The quantitative estimate of drug-likeness (QED) is 0.654. The van der Waals surface area contributed by atoms with E-state index in [0.29, 0.717) is 5.75 Å². The van der Waals surface area contributed by atoms with E-state index in [4.69, 9.17) is 4.74 Å². The predicted octanol–water partition coefficient (Wildman–Crippen LogP) is -1.21. The minimum Gasteiger partial charge on any atom is -0.540 e. The maximum Gasteiger partial charge on any atom is 0.269 e. The molecule has 0 aliphatic carbocycles. The van der Waals surface area contributed by atoms with E-state index in [9.17, 15) is 19.5 Å². The fourth-order valence-electron chi connectivity index (χ4n) is 2.23. The third-order valence-electron chi connectivity index (χ3n) is 3.45. The Labute approximate surface area is 128 Å². The van der Waals surface area contributed by atoms with Gasteiger partial charge in [0.1, 0.15) is 11.7 Å². The van der Waals surface area contributed by atoms with Crippen LogP contribution in [0.1, 0.15) is 5.56 Å². The second kappa shape index (κ2) is 6.93. The maximum absolute atomic E-state index is 12.0. The number of aliphatic carboxylic acids is 1. The highest BCUT2D eigenvalue weighted by Crippen LogP contribution is 2.12. The molecular weight excluding hydrogens is 288 g/mol. The van der Waals surface area contributed by atoms with Gasteiger partial charge in [0, 0.05) is 26.2 Å². The largest absolute Gasteiger partial charge is 0.540 e. The number of hydrogen-bond donors (Lipinski definition) is 0. The lowest BCUT2D eigenvalue weighted by Gasteiger charge is -2.34. The van der Waals surface area contributed by atoms with Crippen LogP contribution in [-0.2, 0) is 14.4 Å². The van der Waals surface area contributed by atoms with Crippen LogP contribution in [0, 0.1) is 6.92 Å². The van der Waals surface area contributed by atoms with E-state index in [2.05, 4.69) is 0 Å². The van der Waals surface area contributed by atoms with Crippen LogP contribution in [-0.4, -0.2) is 60.4 Å². The molecule has 118 valence electrons. The summed E-state index contributed by atoms with van der Waals surface area (Å²) in [5, 5.41) is 10.5. The first kappa shape index (κ1) is 15.8. The lowest BCUT2D eigenvalue weighted by molar-refractivity contribution is -0.301. The third-order valence-corrected chi connectivity index (χ3v) is 3.45. The number of carboxylic acids is 1. The molecule has 7 nitrogen and oxygen atoms in total. The Kier molecular flexibility index (Phi) is 4.98. The Morgan fingerprint density at radius 2 is 1.77 bits per heavy atom. The van der Waals surface area contributed by atoms with E-state index in [1.165, 1.54) is 4.90 Å². The summed E-state index contributed by atoms with van der Waals surface area (Å²) < 4.78 is 5.44. The first-order chi connectivity index (χ1) is 10.5. The van der Waals surface area contributed by atoms with E-state index in [1.807, 2.05) is 25.1 Å². The van der Waals surface area contributed by atoms with Gasteiger partial charge < -0.3 is 24.4 Å². The molecule has 0 saturated carbocycles. The Morgan fingerprint density at radius 1 is 1.14 bits per heavy atom. The predicted molar refractivity (Wildman–Crippen MR) is 74.8 cm³/mol. The summed E-state index contributed by atoms with van der Waals surface area (Å²) in [6.07, 6.45) is 0. The zero-order valence-corrected chi connectivity index (χ0v) is 12.3. The number of amides is 2. The first-order valence-electron chi connectivity index (χ1n) is 6.95. The molecule has 1 aliphatic rings. The van der Waals surface area contributed by atoms with Crippen molar-refractivity contribution in [3.63, 3.8) is 0 Å². The van der Waals surface area contributed by atoms with Crippen molar-refractivity contribution >= 4 is 17.8 Å². The van der Waals surface area contributed by atoms with Gasteiger partial charge in [-0.1, -0.05) is 12.1 Å². The number of piperazine rings is 1. The number of benzene rings is 1. The summed E-state index contributed by atoms with van der Waals surface area (Å²) in [7, 11) is 0. The van der Waals surface area contributed by atoms with Gasteiger partial charge in [0.2, 0.25) is 0 Å². The molecule has 0 spiro atoms. The summed E-state index contributed by atoms with van der Waals surface area (Å²) in [6.45, 7) is 2.79. The topological polar surface area (TPSA) is 90.0 Å². The number of nitrogens with zero attached hydrogens (tertiary/aromatic N) is 2. The van der Waals surface area contributed by atoms with Gasteiger partial charge in [-0.25, -0.2) is 0 Å². The van der Waals surface area contributed by atoms with Gasteiger partial charge in [-0.05, 0) is 24.6 Å². The SMILES string of the molecule is Cc1cccc(OCC(=O)N2CCN(C(=O)C(=O)[O-])CC2)c1. The molecule has 1 saturated heterocycles. The molecule has 0 atom stereocenters. The average molecular weight is 305 g/mol. The van der Waals surface area contributed by atoms with E-state index in [0.717, 1.165) is 5.56 Å². The molecule has 1 fully saturated rings. The van der Waals surface area contributed by atoms with Crippen molar-refractivity contribution in [2.45, 2.75) is 6.92 Å². The lowest BCUT2D eigenvalue weighted by Crippen LogP contribution is -2.55. The van der Waals surface area contributed by atoms with Gasteiger partial charge in [0.05, 0.1) is 0 Å². The minimum atomic E-state index is -1.72. The van der Waals surface area contributed by atoms with Crippen molar-refractivity contribution in [2.75, 3.05) is 32.8 Å². The molecule has 1 heterocycles. The summed E-state index contributed by atoms with van der Waals surface area (Å²) in [4.78, 5) is 36.5. The van der Waals surface area contributed by atoms with Gasteiger partial charge >= 0.3 is 0 Å². The molecule has 22 heavy (non-hydrogen) atoms. The average Bonchev–Trinajstić information content (AvgIpc) is 2.52. The van der Waals surface area contributed by atoms with Crippen molar-refractivity contribution in [1.29, 1.82) is 0 Å². The van der Waals surface area contributed by atoms with E-state index >= 15 is 0 Å². The van der Waals surface area contributed by atoms with Crippen molar-refractivity contribution in [1.82, 2.24) is 9.80 Å². The van der Waals surface area contributed by atoms with Crippen LogP contribution >= 0.6 is 0 Å². The zero-order valence-electron chi connectivity index (χ0n) is 12.3. The van der Waals surface area contributed by atoms with Gasteiger partial charge in [0.25, 0.3) is 11.8 Å². The van der Waals surface area contributed by atoms with Crippen molar-refractivity contribution < 1.29 is 24.2 Å². The van der Waals surface area contributed by atoms with E-state index in [-0.39, 0.29) is 38.7 Å². The first-order valence-corrected chi connectivity index (χ1v) is 6.95. The van der Waals surface area contributed by atoms with Crippen molar-refractivity contribution in [3.8, 4) is 5.75 Å². The zero-order chi connectivity index (χ0) is 16.1. The lowest BCUT2D eigenvalue weighted by atomic mass is 10.2. The number of carbonyl (C=O) groups is 3. The molecule has 0 unspecified atom stereocenters. The highest BCUT2D eigenvalue weighted by atomic mass is 16.5. The van der Waals surface area contributed by atoms with Crippen LogP contribution in [0.25, 0.3) is 0 Å². The van der Waals surface area contributed by atoms with Gasteiger partial charge in [-0.3, -0.25) is 9.59 Å². The Hall–Kier alpha value is -2.57. The third kappa shape index (κ3) is 3.97. The summed E-state index contributed by atoms with van der Waals surface area (Å²) in [5.41, 5.74) is 1.04. The van der Waals surface area contributed by atoms with Crippen LogP contribution in [0.4, 0.5) is 0 Å². The molecule has 7 heteroatoms. The highest BCUT2D eigenvalue weighted by Gasteiger charge is 2.24. The molecule has 1 aromatic rings. The fourth-order valence-corrected chi connectivity index (χ4v) is 2.23. The normalized spacial score (nSPS) is 14.6. The number of rotatable bonds is 3. The van der Waals surface area contributed by atoms with Crippen LogP contribution in [0.2, 0.25) is 0 Å². The number of ether oxygens (including phenoxy) is 1. The molecular formula is C15H17N2O5-. The van der Waals surface area contributed by atoms with Crippen LogP contribution in [0.3, 0.4) is 0 Å². The van der Waals surface area contributed by atoms with E-state index < -0.39 is 11.9 Å². The van der Waals surface area contributed by atoms with Crippen LogP contribution in [0.15, 0.2) is 24.3 Å². The fraction of sp³-hybridized carbons (Fsp3) is 0.400. The second-order valence-corrected chi connectivity index (χ2v) is 5.07. The Morgan fingerprint density at radius 3 is 2.36 bits per heavy atom. The standard InChI is InChI=1S/C15H18N2O5/c1-11-3-2-4-12(9-11)22-10-13(18)16-5-7-17(8-6-16)14(19)15(20)21/h2-4,9H,5-8,10H2,1H3,(H,20,21)/p-1. The number of hydrogen-bond acceptors (Lipinski definition) is 5. The highest BCUT2D eigenvalue weighted by molar-refractivity contribution is 6.30. The molecule has 0 radical (unpaired) electrons. The molecule has 0 N–H and O–H groups in total. The summed E-state index contributed by atoms with van der Waals surface area (Å²) in [5.74, 6) is -2.33. The number of aryl methyl sites for hydroxylation is 1. The molecule has 2 rings (SSSR count). The van der Waals surface area contributed by atoms with Gasteiger partial charge in [-0.15, -0.1) is 0 Å². The van der Waals surface area contributed by atoms with Gasteiger partial charge in [0.15, 0.2) is 6.61 Å². The maximum atomic E-state index is 12.0. The molecule has 0 bridgehead atoms. The monoisotopic (exact) mass is 305 g/mol.